The van der Waals surface area contributed by atoms with Gasteiger partial charge >= 0.3 is 18.2 Å². The van der Waals surface area contributed by atoms with Crippen molar-refractivity contribution >= 4 is 17.7 Å². The summed E-state index contributed by atoms with van der Waals surface area (Å²) in [5, 5.41) is 21.4. The van der Waals surface area contributed by atoms with E-state index in [2.05, 4.69) is 5.32 Å². The standard InChI is InChI=1S/C12H13F3N2O4/c1-6-2-3-7(12(13,14)15)4-8(6)16-11(21)17-9(5-18)10(19)20/h2-4,9,18H,5H2,1H3,(H,19,20)(H2,16,17,21)/t9-/m0/s1. The van der Waals surface area contributed by atoms with Gasteiger partial charge in [0.15, 0.2) is 6.04 Å². The van der Waals surface area contributed by atoms with E-state index in [1.807, 2.05) is 5.32 Å². The number of aryl methyl sites for hydroxylation is 1. The summed E-state index contributed by atoms with van der Waals surface area (Å²) in [7, 11) is 0. The Morgan fingerprint density at radius 3 is 2.43 bits per heavy atom. The van der Waals surface area contributed by atoms with Gasteiger partial charge in [0, 0.05) is 5.69 Å². The highest BCUT2D eigenvalue weighted by Gasteiger charge is 2.31. The summed E-state index contributed by atoms with van der Waals surface area (Å²) in [6, 6.07) is 0.213. The molecule has 6 nitrogen and oxygen atoms in total. The number of urea groups is 1. The van der Waals surface area contributed by atoms with Crippen LogP contribution in [0.25, 0.3) is 0 Å². The monoisotopic (exact) mass is 306 g/mol. The lowest BCUT2D eigenvalue weighted by Gasteiger charge is -2.15. The van der Waals surface area contributed by atoms with Crippen LogP contribution in [0.3, 0.4) is 0 Å². The number of carboxylic acid groups (broad SMARTS) is 1. The van der Waals surface area contributed by atoms with Crippen LogP contribution in [0.5, 0.6) is 0 Å². The fourth-order valence-electron chi connectivity index (χ4n) is 1.44. The number of amides is 2. The van der Waals surface area contributed by atoms with Crippen LogP contribution in [0, 0.1) is 6.92 Å². The Morgan fingerprint density at radius 1 is 1.33 bits per heavy atom. The van der Waals surface area contributed by atoms with Crippen molar-refractivity contribution in [3.05, 3.63) is 29.3 Å². The van der Waals surface area contributed by atoms with Gasteiger partial charge in [0.1, 0.15) is 0 Å². The van der Waals surface area contributed by atoms with E-state index in [-0.39, 0.29) is 5.69 Å². The van der Waals surface area contributed by atoms with E-state index in [9.17, 15) is 22.8 Å². The topological polar surface area (TPSA) is 98.7 Å². The van der Waals surface area contributed by atoms with Crippen LogP contribution in [-0.4, -0.2) is 34.9 Å². The zero-order valence-corrected chi connectivity index (χ0v) is 10.9. The number of nitrogens with one attached hydrogen (secondary N) is 2. The van der Waals surface area contributed by atoms with Crippen molar-refractivity contribution in [1.29, 1.82) is 0 Å². The van der Waals surface area contributed by atoms with E-state index < -0.39 is 36.4 Å². The number of carbonyl (C=O) groups is 2. The molecule has 9 heteroatoms. The van der Waals surface area contributed by atoms with Crippen LogP contribution in [0.2, 0.25) is 0 Å². The molecule has 0 fully saturated rings. The van der Waals surface area contributed by atoms with E-state index >= 15 is 0 Å². The number of aliphatic carboxylic acids is 1. The molecule has 2 amide bonds. The summed E-state index contributed by atoms with van der Waals surface area (Å²) in [4.78, 5) is 22.1. The Labute approximate surface area is 117 Å². The average Bonchev–Trinajstić information content (AvgIpc) is 2.36. The van der Waals surface area contributed by atoms with Gasteiger partial charge in [-0.1, -0.05) is 6.07 Å². The number of hydrogen-bond donors (Lipinski definition) is 4. The van der Waals surface area contributed by atoms with Crippen molar-refractivity contribution in [2.75, 3.05) is 11.9 Å². The fourth-order valence-corrected chi connectivity index (χ4v) is 1.44. The van der Waals surface area contributed by atoms with Gasteiger partial charge in [-0.3, -0.25) is 0 Å². The highest BCUT2D eigenvalue weighted by atomic mass is 19.4. The zero-order chi connectivity index (χ0) is 16.2. The lowest BCUT2D eigenvalue weighted by Crippen LogP contribution is -2.45. The van der Waals surface area contributed by atoms with Crippen LogP contribution in [0.15, 0.2) is 18.2 Å². The molecule has 21 heavy (non-hydrogen) atoms. The molecule has 1 aromatic rings. The first-order chi connectivity index (χ1) is 9.65. The first kappa shape index (κ1) is 16.8. The van der Waals surface area contributed by atoms with Gasteiger partial charge in [-0.15, -0.1) is 0 Å². The van der Waals surface area contributed by atoms with Gasteiger partial charge < -0.3 is 20.8 Å². The molecule has 0 spiro atoms. The molecule has 116 valence electrons. The van der Waals surface area contributed by atoms with Gasteiger partial charge in [0.25, 0.3) is 0 Å². The third kappa shape index (κ3) is 4.63. The summed E-state index contributed by atoms with van der Waals surface area (Å²) in [5.41, 5.74) is -0.682. The summed E-state index contributed by atoms with van der Waals surface area (Å²) in [5.74, 6) is -1.46. The second-order valence-corrected chi connectivity index (χ2v) is 4.20. The molecule has 0 aliphatic heterocycles. The molecule has 0 unspecified atom stereocenters. The minimum atomic E-state index is -4.56. The number of aliphatic hydroxyl groups excluding tert-OH is 1. The molecule has 1 rings (SSSR count). The van der Waals surface area contributed by atoms with E-state index in [4.69, 9.17) is 10.2 Å². The normalized spacial score (nSPS) is 12.6. The molecule has 0 aromatic heterocycles. The predicted molar refractivity (Wildman–Crippen MR) is 66.8 cm³/mol. The molecule has 1 atom stereocenters. The first-order valence-corrected chi connectivity index (χ1v) is 5.74. The Morgan fingerprint density at radius 2 is 1.95 bits per heavy atom. The average molecular weight is 306 g/mol. The van der Waals surface area contributed by atoms with Gasteiger partial charge in [-0.25, -0.2) is 9.59 Å². The first-order valence-electron chi connectivity index (χ1n) is 5.74. The van der Waals surface area contributed by atoms with E-state index in [0.29, 0.717) is 5.56 Å². The lowest BCUT2D eigenvalue weighted by molar-refractivity contribution is -0.140. The zero-order valence-electron chi connectivity index (χ0n) is 10.9. The second kappa shape index (κ2) is 6.44. The molecule has 0 radical (unpaired) electrons. The summed E-state index contributed by atoms with van der Waals surface area (Å²) in [6.45, 7) is 0.640. The molecule has 0 aliphatic carbocycles. The Bertz CT molecular complexity index is 546. The van der Waals surface area contributed by atoms with Crippen molar-refractivity contribution < 1.29 is 33.0 Å². The van der Waals surface area contributed by atoms with E-state index in [1.165, 1.54) is 13.0 Å². The fraction of sp³-hybridized carbons (Fsp3) is 0.333. The Hall–Kier alpha value is -2.29. The molecule has 0 saturated carbocycles. The quantitative estimate of drug-likeness (QED) is 0.679. The molecule has 4 N–H and O–H groups in total. The summed E-state index contributed by atoms with van der Waals surface area (Å²) < 4.78 is 37.7. The van der Waals surface area contributed by atoms with Crippen LogP contribution in [0.4, 0.5) is 23.7 Å². The molecule has 0 saturated heterocycles. The van der Waals surface area contributed by atoms with Gasteiger partial charge in [0.2, 0.25) is 0 Å². The Balaban J connectivity index is 2.87. The Kier molecular flexibility index (Phi) is 5.14. The van der Waals surface area contributed by atoms with Crippen LogP contribution in [0.1, 0.15) is 11.1 Å². The van der Waals surface area contributed by atoms with Gasteiger partial charge in [-0.2, -0.15) is 13.2 Å². The molecule has 0 heterocycles. The van der Waals surface area contributed by atoms with Gasteiger partial charge in [-0.05, 0) is 24.6 Å². The van der Waals surface area contributed by atoms with Crippen LogP contribution < -0.4 is 10.6 Å². The SMILES string of the molecule is Cc1ccc(C(F)(F)F)cc1NC(=O)N[C@@H](CO)C(=O)O. The maximum atomic E-state index is 12.6. The number of halogens is 3. The van der Waals surface area contributed by atoms with Crippen molar-refractivity contribution in [2.45, 2.75) is 19.1 Å². The largest absolute Gasteiger partial charge is 0.480 e. The van der Waals surface area contributed by atoms with Crippen molar-refractivity contribution in [3.63, 3.8) is 0 Å². The minimum absolute atomic E-state index is 0.107. The number of carboxylic acids is 1. The predicted octanol–water partition coefficient (Wildman–Crippen LogP) is 1.58. The molecular weight excluding hydrogens is 293 g/mol. The third-order valence-electron chi connectivity index (χ3n) is 2.60. The number of alkyl halides is 3. The molecule has 0 aliphatic rings. The van der Waals surface area contributed by atoms with E-state index in [0.717, 1.165) is 12.1 Å². The number of benzene rings is 1. The highest BCUT2D eigenvalue weighted by molar-refractivity contribution is 5.93. The number of rotatable bonds is 4. The number of aliphatic hydroxyl groups is 1. The summed E-state index contributed by atoms with van der Waals surface area (Å²) >= 11 is 0. The maximum Gasteiger partial charge on any atom is 0.416 e. The second-order valence-electron chi connectivity index (χ2n) is 4.20. The van der Waals surface area contributed by atoms with E-state index in [1.54, 1.807) is 0 Å². The van der Waals surface area contributed by atoms with Crippen molar-refractivity contribution in [3.8, 4) is 0 Å². The highest BCUT2D eigenvalue weighted by Crippen LogP contribution is 2.31. The minimum Gasteiger partial charge on any atom is -0.480 e. The lowest BCUT2D eigenvalue weighted by atomic mass is 10.1. The smallest absolute Gasteiger partial charge is 0.416 e. The number of carbonyl (C=O) groups excluding carboxylic acids is 1. The summed E-state index contributed by atoms with van der Waals surface area (Å²) in [6.07, 6.45) is -4.56. The number of hydrogen-bond acceptors (Lipinski definition) is 3. The van der Waals surface area contributed by atoms with Crippen molar-refractivity contribution in [1.82, 2.24) is 5.32 Å². The molecule has 0 bridgehead atoms. The van der Waals surface area contributed by atoms with Crippen molar-refractivity contribution in [2.24, 2.45) is 0 Å². The maximum absolute atomic E-state index is 12.6. The molecule has 1 aromatic carbocycles. The van der Waals surface area contributed by atoms with Crippen LogP contribution in [-0.2, 0) is 11.0 Å². The number of anilines is 1. The van der Waals surface area contributed by atoms with Gasteiger partial charge in [0.05, 0.1) is 12.2 Å². The molecular formula is C12H13F3N2O4. The van der Waals surface area contributed by atoms with Crippen LogP contribution >= 0.6 is 0 Å². The third-order valence-corrected chi connectivity index (χ3v) is 2.60.